The second-order valence-electron chi connectivity index (χ2n) is 7.55. The van der Waals surface area contributed by atoms with Gasteiger partial charge in [0.2, 0.25) is 0 Å². The number of H-pyrrole nitrogens is 1. The minimum Gasteiger partial charge on any atom is -0.314 e. The van der Waals surface area contributed by atoms with E-state index < -0.39 is 0 Å². The molecule has 6 heteroatoms. The molecule has 2 N–H and O–H groups in total. The molecule has 0 aliphatic carbocycles. The van der Waals surface area contributed by atoms with Crippen LogP contribution in [0.4, 0.5) is 0 Å². The van der Waals surface area contributed by atoms with Crippen LogP contribution in [0.25, 0.3) is 0 Å². The zero-order chi connectivity index (χ0) is 19.4. The number of rotatable bonds is 6. The Bertz CT molecular complexity index is 911. The van der Waals surface area contributed by atoms with E-state index in [4.69, 9.17) is 0 Å². The van der Waals surface area contributed by atoms with E-state index in [1.165, 1.54) is 35.3 Å². The summed E-state index contributed by atoms with van der Waals surface area (Å²) in [6, 6.07) is 4.98. The number of piperidine rings is 1. The average molecular weight is 388 g/mol. The Morgan fingerprint density at radius 2 is 1.96 bits per heavy atom. The van der Waals surface area contributed by atoms with Crippen molar-refractivity contribution in [3.8, 4) is 0 Å². The Balaban J connectivity index is 1.79. The summed E-state index contributed by atoms with van der Waals surface area (Å²) in [4.78, 5) is 27.5. The first-order valence-electron chi connectivity index (χ1n) is 9.70. The first-order chi connectivity index (χ1) is 12.9. The molecular weight excluding hydrogens is 358 g/mol. The molecule has 2 aromatic rings. The third kappa shape index (κ3) is 5.14. The van der Waals surface area contributed by atoms with Crippen molar-refractivity contribution in [2.75, 3.05) is 12.3 Å². The van der Waals surface area contributed by atoms with Gasteiger partial charge in [-0.3, -0.25) is 14.3 Å². The maximum Gasteiger partial charge on any atom is 0.328 e. The van der Waals surface area contributed by atoms with Gasteiger partial charge in [-0.05, 0) is 63.5 Å². The van der Waals surface area contributed by atoms with Crippen molar-refractivity contribution < 1.29 is 0 Å². The molecule has 0 radical (unpaired) electrons. The molecule has 1 atom stereocenters. The lowest BCUT2D eigenvalue weighted by Gasteiger charge is -2.23. The normalized spacial score (nSPS) is 17.2. The number of nitrogens with one attached hydrogen (secondary N) is 2. The third-order valence-corrected chi connectivity index (χ3v) is 6.46. The molecular formula is C21H29N3O2S. The monoisotopic (exact) mass is 387 g/mol. The van der Waals surface area contributed by atoms with Crippen LogP contribution in [0.5, 0.6) is 0 Å². The van der Waals surface area contributed by atoms with Gasteiger partial charge >= 0.3 is 5.69 Å². The topological polar surface area (TPSA) is 66.9 Å². The minimum atomic E-state index is -0.355. The van der Waals surface area contributed by atoms with Crippen LogP contribution in [0, 0.1) is 20.8 Å². The summed E-state index contributed by atoms with van der Waals surface area (Å²) in [5.41, 5.74) is 3.47. The van der Waals surface area contributed by atoms with Crippen molar-refractivity contribution in [2.45, 2.75) is 63.9 Å². The standard InChI is InChI=1S/C21H29N3O2S/c1-14-10-15(2)19(27-9-7-18-6-4-5-8-22-18)17(11-14)13-24-12-16(3)20(25)23-21(24)26/h10-12,18,22H,4-9,13H2,1-3H3,(H,23,25,26). The summed E-state index contributed by atoms with van der Waals surface area (Å²) in [7, 11) is 0. The second kappa shape index (κ2) is 8.93. The maximum absolute atomic E-state index is 12.2. The number of aryl methyl sites for hydroxylation is 3. The highest BCUT2D eigenvalue weighted by Gasteiger charge is 2.14. The van der Waals surface area contributed by atoms with Crippen molar-refractivity contribution in [3.05, 3.63) is 61.4 Å². The lowest BCUT2D eigenvalue weighted by atomic mass is 10.0. The molecule has 0 amide bonds. The van der Waals surface area contributed by atoms with E-state index in [0.29, 0.717) is 18.2 Å². The zero-order valence-electron chi connectivity index (χ0n) is 16.4. The summed E-state index contributed by atoms with van der Waals surface area (Å²) in [6.07, 6.45) is 6.70. The van der Waals surface area contributed by atoms with Crippen molar-refractivity contribution in [1.82, 2.24) is 14.9 Å². The van der Waals surface area contributed by atoms with E-state index in [1.54, 1.807) is 17.7 Å². The van der Waals surface area contributed by atoms with Gasteiger partial charge in [-0.2, -0.15) is 0 Å². The first-order valence-corrected chi connectivity index (χ1v) is 10.7. The van der Waals surface area contributed by atoms with Gasteiger partial charge in [0.05, 0.1) is 6.54 Å². The van der Waals surface area contributed by atoms with Crippen LogP contribution < -0.4 is 16.6 Å². The van der Waals surface area contributed by atoms with Gasteiger partial charge in [0.1, 0.15) is 0 Å². The molecule has 1 aliphatic rings. The number of nitrogens with zero attached hydrogens (tertiary/aromatic N) is 1. The number of hydrogen-bond donors (Lipinski definition) is 2. The lowest BCUT2D eigenvalue weighted by molar-refractivity contribution is 0.395. The van der Waals surface area contributed by atoms with Crippen molar-refractivity contribution in [3.63, 3.8) is 0 Å². The number of benzene rings is 1. The minimum absolute atomic E-state index is 0.314. The van der Waals surface area contributed by atoms with E-state index in [9.17, 15) is 9.59 Å². The predicted octanol–water partition coefficient (Wildman–Crippen LogP) is 3.13. The molecule has 1 saturated heterocycles. The third-order valence-electron chi connectivity index (χ3n) is 5.15. The average Bonchev–Trinajstić information content (AvgIpc) is 2.62. The maximum atomic E-state index is 12.2. The zero-order valence-corrected chi connectivity index (χ0v) is 17.2. The fraction of sp³-hybridized carbons (Fsp3) is 0.524. The second-order valence-corrected chi connectivity index (χ2v) is 8.66. The van der Waals surface area contributed by atoms with E-state index in [0.717, 1.165) is 24.3 Å². The number of aromatic amines is 1. The fourth-order valence-electron chi connectivity index (χ4n) is 3.76. The van der Waals surface area contributed by atoms with Crippen LogP contribution in [0.1, 0.15) is 47.9 Å². The highest BCUT2D eigenvalue weighted by atomic mass is 32.2. The Labute approximate surface area is 164 Å². The summed E-state index contributed by atoms with van der Waals surface area (Å²) < 4.78 is 1.59. The molecule has 0 saturated carbocycles. The number of thioether (sulfide) groups is 1. The van der Waals surface area contributed by atoms with Gasteiger partial charge in [-0.15, -0.1) is 11.8 Å². The highest BCUT2D eigenvalue weighted by molar-refractivity contribution is 7.99. The molecule has 27 heavy (non-hydrogen) atoms. The Hall–Kier alpha value is -1.79. The van der Waals surface area contributed by atoms with Gasteiger partial charge in [0, 0.05) is 22.7 Å². The molecule has 1 aromatic carbocycles. The van der Waals surface area contributed by atoms with Crippen LogP contribution in [0.15, 0.2) is 32.8 Å². The molecule has 146 valence electrons. The number of hydrogen-bond acceptors (Lipinski definition) is 4. The van der Waals surface area contributed by atoms with Crippen LogP contribution in [-0.4, -0.2) is 27.9 Å². The summed E-state index contributed by atoms with van der Waals surface area (Å²) in [5.74, 6) is 1.06. The van der Waals surface area contributed by atoms with Crippen molar-refractivity contribution in [2.24, 2.45) is 0 Å². The van der Waals surface area contributed by atoms with Gasteiger partial charge in [-0.1, -0.05) is 24.1 Å². The smallest absolute Gasteiger partial charge is 0.314 e. The van der Waals surface area contributed by atoms with Gasteiger partial charge in [-0.25, -0.2) is 4.79 Å². The van der Waals surface area contributed by atoms with Crippen molar-refractivity contribution in [1.29, 1.82) is 0 Å². The highest BCUT2D eigenvalue weighted by Crippen LogP contribution is 2.30. The summed E-state index contributed by atoms with van der Waals surface area (Å²) >= 11 is 1.88. The van der Waals surface area contributed by atoms with E-state index in [2.05, 4.69) is 36.3 Å². The van der Waals surface area contributed by atoms with Gasteiger partial charge in [0.15, 0.2) is 0 Å². The largest absolute Gasteiger partial charge is 0.328 e. The van der Waals surface area contributed by atoms with Gasteiger partial charge < -0.3 is 5.32 Å². The fourth-order valence-corrected chi connectivity index (χ4v) is 4.96. The first kappa shape index (κ1) is 20.0. The van der Waals surface area contributed by atoms with E-state index in [1.807, 2.05) is 11.8 Å². The Kier molecular flexibility index (Phi) is 6.60. The quantitative estimate of drug-likeness (QED) is 0.748. The van der Waals surface area contributed by atoms with E-state index in [-0.39, 0.29) is 11.2 Å². The van der Waals surface area contributed by atoms with E-state index >= 15 is 0 Å². The Morgan fingerprint density at radius 3 is 2.70 bits per heavy atom. The molecule has 1 unspecified atom stereocenters. The molecule has 2 heterocycles. The number of aromatic nitrogens is 2. The van der Waals surface area contributed by atoms with Crippen LogP contribution in [-0.2, 0) is 6.54 Å². The molecule has 3 rings (SSSR count). The SMILES string of the molecule is Cc1cc(C)c(SCCC2CCCCN2)c(Cn2cc(C)c(=O)[nH]c2=O)c1. The molecule has 1 aliphatic heterocycles. The summed E-state index contributed by atoms with van der Waals surface area (Å²) in [6.45, 7) is 7.56. The summed E-state index contributed by atoms with van der Waals surface area (Å²) in [5, 5.41) is 3.61. The molecule has 1 aromatic heterocycles. The molecule has 5 nitrogen and oxygen atoms in total. The van der Waals surface area contributed by atoms with Gasteiger partial charge in [0.25, 0.3) is 5.56 Å². The molecule has 1 fully saturated rings. The van der Waals surface area contributed by atoms with Crippen LogP contribution in [0.3, 0.4) is 0 Å². The molecule has 0 spiro atoms. The Morgan fingerprint density at radius 1 is 1.15 bits per heavy atom. The molecule has 0 bridgehead atoms. The predicted molar refractivity (Wildman–Crippen MR) is 112 cm³/mol. The van der Waals surface area contributed by atoms with Crippen LogP contribution in [0.2, 0.25) is 0 Å². The van der Waals surface area contributed by atoms with Crippen LogP contribution >= 0.6 is 11.8 Å². The lowest BCUT2D eigenvalue weighted by Crippen LogP contribution is -2.34. The van der Waals surface area contributed by atoms with Crippen molar-refractivity contribution >= 4 is 11.8 Å².